The Kier molecular flexibility index (Phi) is 7.04. The van der Waals surface area contributed by atoms with E-state index in [4.69, 9.17) is 14.3 Å². The molecule has 3 aromatic rings. The van der Waals surface area contributed by atoms with Gasteiger partial charge in [-0.1, -0.05) is 6.07 Å². The van der Waals surface area contributed by atoms with Gasteiger partial charge in [0.15, 0.2) is 0 Å². The second kappa shape index (κ2) is 10.6. The number of fused-ring (bicyclic) bond motifs is 1. The van der Waals surface area contributed by atoms with Gasteiger partial charge in [-0.25, -0.2) is 9.59 Å². The van der Waals surface area contributed by atoms with E-state index in [1.54, 1.807) is 12.1 Å². The van der Waals surface area contributed by atoms with Gasteiger partial charge in [0.25, 0.3) is 11.8 Å². The topological polar surface area (TPSA) is 116 Å². The Balaban J connectivity index is 1.34. The van der Waals surface area contributed by atoms with Crippen molar-refractivity contribution in [1.29, 1.82) is 0 Å². The minimum Gasteiger partial charge on any atom is -0.496 e. The van der Waals surface area contributed by atoms with Gasteiger partial charge in [-0.3, -0.25) is 14.9 Å². The fourth-order valence-corrected chi connectivity index (χ4v) is 5.01. The smallest absolute Gasteiger partial charge is 0.411 e. The predicted octanol–water partition coefficient (Wildman–Crippen LogP) is 4.49. The van der Waals surface area contributed by atoms with Crippen LogP contribution in [0.15, 0.2) is 42.6 Å². The highest BCUT2D eigenvalue weighted by atomic mass is 16.7. The minimum atomic E-state index is -0.816. The molecule has 0 atom stereocenters. The molecule has 5 rings (SSSR count). The highest BCUT2D eigenvalue weighted by molar-refractivity contribution is 6.02. The van der Waals surface area contributed by atoms with Gasteiger partial charge in [0.05, 0.1) is 12.7 Å². The average molecular weight is 520 g/mol. The lowest BCUT2D eigenvalue weighted by atomic mass is 10.0. The molecule has 3 amide bonds. The molecule has 0 radical (unpaired) electrons. The molecule has 0 spiro atoms. The first-order valence-electron chi connectivity index (χ1n) is 12.6. The maximum atomic E-state index is 12.6. The van der Waals surface area contributed by atoms with Crippen molar-refractivity contribution in [1.82, 2.24) is 9.63 Å². The average Bonchev–Trinajstić information content (AvgIpc) is 3.60. The van der Waals surface area contributed by atoms with Crippen molar-refractivity contribution >= 4 is 40.5 Å². The summed E-state index contributed by atoms with van der Waals surface area (Å²) in [5.41, 5.74) is 3.61. The summed E-state index contributed by atoms with van der Waals surface area (Å²) in [6.45, 7) is 0. The molecule has 2 fully saturated rings. The summed E-state index contributed by atoms with van der Waals surface area (Å²) >= 11 is 0. The fraction of sp³-hybridized carbons (Fsp3) is 0.357. The highest BCUT2D eigenvalue weighted by Gasteiger charge is 2.33. The Hall–Kier alpha value is -4.34. The van der Waals surface area contributed by atoms with Crippen LogP contribution in [0.5, 0.6) is 5.75 Å². The number of rotatable bonds is 7. The van der Waals surface area contributed by atoms with Gasteiger partial charge < -0.3 is 18.9 Å². The Morgan fingerprint density at radius 3 is 2.45 bits per heavy atom. The van der Waals surface area contributed by atoms with Gasteiger partial charge in [-0.2, -0.15) is 0 Å². The van der Waals surface area contributed by atoms with E-state index in [1.165, 1.54) is 13.2 Å². The number of imide groups is 1. The number of carbonyl (C=O) groups excluding carboxylic acids is 4. The molecular formula is C28H29N3O7. The zero-order valence-corrected chi connectivity index (χ0v) is 21.3. The Bertz CT molecular complexity index is 1410. The van der Waals surface area contributed by atoms with Crippen molar-refractivity contribution in [2.45, 2.75) is 51.0 Å². The Morgan fingerprint density at radius 1 is 1.00 bits per heavy atom. The summed E-state index contributed by atoms with van der Waals surface area (Å²) in [4.78, 5) is 53.5. The number of benzene rings is 2. The first kappa shape index (κ1) is 25.3. The molecule has 1 saturated heterocycles. The molecule has 10 heteroatoms. The van der Waals surface area contributed by atoms with Gasteiger partial charge >= 0.3 is 12.1 Å². The summed E-state index contributed by atoms with van der Waals surface area (Å²) in [5.74, 6) is -1.43. The predicted molar refractivity (Wildman–Crippen MR) is 138 cm³/mol. The van der Waals surface area contributed by atoms with Crippen molar-refractivity contribution in [3.8, 4) is 5.75 Å². The van der Waals surface area contributed by atoms with E-state index in [9.17, 15) is 19.2 Å². The number of anilines is 1. The van der Waals surface area contributed by atoms with E-state index in [2.05, 4.69) is 5.32 Å². The van der Waals surface area contributed by atoms with Crippen LogP contribution in [0.25, 0.3) is 10.9 Å². The molecule has 0 unspecified atom stereocenters. The summed E-state index contributed by atoms with van der Waals surface area (Å²) in [6, 6.07) is 10.6. The molecule has 2 aliphatic rings. The molecule has 1 aliphatic carbocycles. The third-order valence-corrected chi connectivity index (χ3v) is 6.98. The zero-order valence-electron chi connectivity index (χ0n) is 21.3. The molecule has 198 valence electrons. The number of nitrogens with one attached hydrogen (secondary N) is 1. The number of methoxy groups -OCH3 is 1. The zero-order chi connectivity index (χ0) is 26.8. The second-order valence-corrected chi connectivity index (χ2v) is 9.60. The van der Waals surface area contributed by atoms with Gasteiger partial charge in [-0.15, -0.1) is 5.06 Å². The Labute approximate surface area is 219 Å². The lowest BCUT2D eigenvalue weighted by molar-refractivity contribution is -0.172. The number of ether oxygens (including phenoxy) is 2. The lowest BCUT2D eigenvalue weighted by Gasteiger charge is -2.14. The van der Waals surface area contributed by atoms with Gasteiger partial charge in [0.2, 0.25) is 0 Å². The van der Waals surface area contributed by atoms with Crippen LogP contribution in [-0.2, 0) is 32.6 Å². The van der Waals surface area contributed by atoms with Crippen molar-refractivity contribution in [3.05, 3.63) is 59.3 Å². The largest absolute Gasteiger partial charge is 0.496 e. The summed E-state index contributed by atoms with van der Waals surface area (Å²) in [7, 11) is 3.45. The van der Waals surface area contributed by atoms with E-state index in [0.717, 1.165) is 47.7 Å². The number of amides is 3. The van der Waals surface area contributed by atoms with Crippen LogP contribution < -0.4 is 10.1 Å². The third-order valence-electron chi connectivity index (χ3n) is 6.98. The maximum absolute atomic E-state index is 12.6. The molecule has 10 nitrogen and oxygen atoms in total. The minimum absolute atomic E-state index is 0.0185. The molecule has 1 N–H and O–H groups in total. The number of hydrogen-bond donors (Lipinski definition) is 1. The van der Waals surface area contributed by atoms with Crippen molar-refractivity contribution in [3.63, 3.8) is 0 Å². The van der Waals surface area contributed by atoms with Crippen LogP contribution in [0.2, 0.25) is 0 Å². The van der Waals surface area contributed by atoms with Crippen LogP contribution in [-0.4, -0.2) is 46.7 Å². The summed E-state index contributed by atoms with van der Waals surface area (Å²) in [6.07, 6.45) is 6.07. The quantitative estimate of drug-likeness (QED) is 0.457. The number of aromatic nitrogens is 1. The van der Waals surface area contributed by atoms with Crippen molar-refractivity contribution < 1.29 is 33.5 Å². The van der Waals surface area contributed by atoms with Gasteiger partial charge in [0, 0.05) is 49.1 Å². The van der Waals surface area contributed by atoms with Gasteiger partial charge in [-0.05, 0) is 67.1 Å². The normalized spacial score (nSPS) is 15.8. The molecule has 38 heavy (non-hydrogen) atoms. The van der Waals surface area contributed by atoms with Crippen LogP contribution in [0.4, 0.5) is 10.5 Å². The monoisotopic (exact) mass is 519 g/mol. The lowest BCUT2D eigenvalue weighted by Crippen LogP contribution is -2.32. The third kappa shape index (κ3) is 5.20. The molecule has 1 aliphatic heterocycles. The van der Waals surface area contributed by atoms with E-state index in [0.29, 0.717) is 22.9 Å². The van der Waals surface area contributed by atoms with Crippen molar-refractivity contribution in [2.24, 2.45) is 7.05 Å². The fourth-order valence-electron chi connectivity index (χ4n) is 5.01. The first-order valence-corrected chi connectivity index (χ1v) is 12.6. The van der Waals surface area contributed by atoms with Gasteiger partial charge in [0.1, 0.15) is 11.9 Å². The molecule has 1 saturated carbocycles. The summed E-state index contributed by atoms with van der Waals surface area (Å²) in [5, 5.41) is 4.32. The number of aryl methyl sites for hydroxylation is 1. The number of hydroxylamine groups is 2. The molecule has 2 heterocycles. The number of carbonyl (C=O) groups is 4. The highest BCUT2D eigenvalue weighted by Crippen LogP contribution is 2.30. The van der Waals surface area contributed by atoms with Crippen LogP contribution >= 0.6 is 0 Å². The molecular weight excluding hydrogens is 490 g/mol. The molecule has 2 aromatic carbocycles. The number of hydrogen-bond acceptors (Lipinski definition) is 7. The number of nitrogens with zero attached hydrogens (tertiary/aromatic N) is 2. The molecule has 0 bridgehead atoms. The summed E-state index contributed by atoms with van der Waals surface area (Å²) < 4.78 is 13.1. The van der Waals surface area contributed by atoms with Crippen molar-refractivity contribution in [2.75, 3.05) is 12.4 Å². The SMILES string of the molecule is COc1cc(C(=O)ON2C(=O)CCC2=O)ccc1Cc1cn(C)c2ccc(NC(=O)OC3CCCC3)cc12. The van der Waals surface area contributed by atoms with E-state index in [-0.39, 0.29) is 24.5 Å². The van der Waals surface area contributed by atoms with Crippen LogP contribution in [0, 0.1) is 0 Å². The standard InChI is InChI=1S/C28H29N3O7/c1-30-16-19(22-15-20(9-10-23(22)30)29-28(35)37-21-5-3-4-6-21)13-17-7-8-18(14-24(17)36-2)27(34)38-31-25(32)11-12-26(31)33/h7-10,14-16,21H,3-6,11-13H2,1-2H3,(H,29,35). The van der Waals surface area contributed by atoms with E-state index >= 15 is 0 Å². The second-order valence-electron chi connectivity index (χ2n) is 9.60. The van der Waals surface area contributed by atoms with Crippen LogP contribution in [0.1, 0.15) is 60.0 Å². The Morgan fingerprint density at radius 2 is 1.74 bits per heavy atom. The first-order chi connectivity index (χ1) is 18.3. The van der Waals surface area contributed by atoms with E-state index in [1.807, 2.05) is 36.0 Å². The van der Waals surface area contributed by atoms with E-state index < -0.39 is 23.9 Å². The van der Waals surface area contributed by atoms with Crippen LogP contribution in [0.3, 0.4) is 0 Å². The maximum Gasteiger partial charge on any atom is 0.411 e. The molecule has 1 aromatic heterocycles.